The van der Waals surface area contributed by atoms with Crippen LogP contribution in [-0.2, 0) is 23.9 Å². The van der Waals surface area contributed by atoms with E-state index in [-0.39, 0.29) is 44.5 Å². The summed E-state index contributed by atoms with van der Waals surface area (Å²) in [4.78, 5) is 52.2. The Morgan fingerprint density at radius 2 is 1.63 bits per heavy atom. The van der Waals surface area contributed by atoms with Crippen molar-refractivity contribution >= 4 is 52.8 Å². The van der Waals surface area contributed by atoms with Crippen LogP contribution in [0.1, 0.15) is 36.0 Å². The molecule has 0 heterocycles. The second kappa shape index (κ2) is 12.0. The summed E-state index contributed by atoms with van der Waals surface area (Å²) in [6.07, 6.45) is 1.85. The molecule has 0 atom stereocenters. The fourth-order valence-electron chi connectivity index (χ4n) is 3.64. The number of methoxy groups -OCH3 is 2. The van der Waals surface area contributed by atoms with Crippen LogP contribution in [0.5, 0.6) is 0 Å². The molecule has 0 N–H and O–H groups in total. The van der Waals surface area contributed by atoms with Crippen molar-refractivity contribution in [3.63, 3.8) is 0 Å². The molecule has 2 aromatic rings. The lowest BCUT2D eigenvalue weighted by Gasteiger charge is -2.26. The Morgan fingerprint density at radius 1 is 0.971 bits per heavy atom. The molecule has 35 heavy (non-hydrogen) atoms. The highest BCUT2D eigenvalue weighted by Gasteiger charge is 2.34. The van der Waals surface area contributed by atoms with Gasteiger partial charge in [-0.15, -0.1) is 11.8 Å². The van der Waals surface area contributed by atoms with Gasteiger partial charge in [0.25, 0.3) is 11.8 Å². The quantitative estimate of drug-likeness (QED) is 0.290. The number of carbonyl (C=O) groups excluding carboxylic acids is 4. The number of anilines is 1. The minimum atomic E-state index is -0.911. The van der Waals surface area contributed by atoms with Gasteiger partial charge < -0.3 is 9.47 Å². The SMILES string of the molecule is COC(=O)CSc1cc(N(C(=O)C2=C(C(=O)OC)CCCC2)C(=O)c2ccccc2)c(F)cc1Cl. The Balaban J connectivity index is 2.15. The maximum Gasteiger partial charge on any atom is 0.334 e. The maximum absolute atomic E-state index is 15.2. The first-order chi connectivity index (χ1) is 16.8. The number of hydrogen-bond donors (Lipinski definition) is 0. The third kappa shape index (κ3) is 6.10. The average molecular weight is 520 g/mol. The minimum absolute atomic E-state index is 0.00634. The minimum Gasteiger partial charge on any atom is -0.468 e. The van der Waals surface area contributed by atoms with Gasteiger partial charge in [-0.05, 0) is 49.9 Å². The topological polar surface area (TPSA) is 90.0 Å². The number of imide groups is 1. The predicted octanol–water partition coefficient (Wildman–Crippen LogP) is 4.96. The molecule has 2 aromatic carbocycles. The monoisotopic (exact) mass is 519 g/mol. The van der Waals surface area contributed by atoms with E-state index in [4.69, 9.17) is 16.3 Å². The number of esters is 2. The number of ether oxygens (including phenoxy) is 2. The van der Waals surface area contributed by atoms with E-state index in [1.807, 2.05) is 0 Å². The summed E-state index contributed by atoms with van der Waals surface area (Å²) in [6, 6.07) is 10.2. The lowest BCUT2D eigenvalue weighted by molar-refractivity contribution is -0.138. The third-order valence-electron chi connectivity index (χ3n) is 5.40. The number of halogens is 2. The maximum atomic E-state index is 15.2. The summed E-state index contributed by atoms with van der Waals surface area (Å²) in [5.74, 6) is -3.80. The Bertz CT molecular complexity index is 1180. The number of nitrogens with zero attached hydrogens (tertiary/aromatic N) is 1. The molecule has 0 saturated heterocycles. The summed E-state index contributed by atoms with van der Waals surface area (Å²) in [7, 11) is 2.44. The van der Waals surface area contributed by atoms with Gasteiger partial charge in [0.1, 0.15) is 5.82 Å². The molecule has 1 aliphatic rings. The number of amides is 2. The molecule has 2 amide bonds. The number of rotatable bonds is 7. The van der Waals surface area contributed by atoms with Crippen LogP contribution in [-0.4, -0.2) is 43.7 Å². The van der Waals surface area contributed by atoms with Crippen molar-refractivity contribution in [3.8, 4) is 0 Å². The van der Waals surface area contributed by atoms with Crippen LogP contribution >= 0.6 is 23.4 Å². The summed E-state index contributed by atoms with van der Waals surface area (Å²) in [6.45, 7) is 0. The van der Waals surface area contributed by atoms with Gasteiger partial charge in [0, 0.05) is 21.6 Å². The van der Waals surface area contributed by atoms with E-state index in [0.29, 0.717) is 24.2 Å². The Labute approximate surface area is 211 Å². The Morgan fingerprint density at radius 3 is 2.26 bits per heavy atom. The first kappa shape index (κ1) is 26.4. The van der Waals surface area contributed by atoms with Gasteiger partial charge in [-0.1, -0.05) is 29.8 Å². The van der Waals surface area contributed by atoms with Gasteiger partial charge in [0.05, 0.1) is 30.7 Å². The number of carbonyl (C=O) groups is 4. The highest BCUT2D eigenvalue weighted by Crippen LogP contribution is 2.36. The zero-order chi connectivity index (χ0) is 25.5. The Hall–Kier alpha value is -3.17. The number of thioether (sulfide) groups is 1. The van der Waals surface area contributed by atoms with E-state index >= 15 is 4.39 Å². The van der Waals surface area contributed by atoms with Crippen LogP contribution in [0, 0.1) is 5.82 Å². The van der Waals surface area contributed by atoms with Crippen LogP contribution in [0.2, 0.25) is 5.02 Å². The summed E-state index contributed by atoms with van der Waals surface area (Å²) < 4.78 is 24.7. The standard InChI is InChI=1S/C25H23ClFNO6S/c1-33-22(29)14-35-21-13-20(19(27)12-18(21)26)28(23(30)15-8-4-3-5-9-15)24(31)16-10-6-7-11-17(16)25(32)34-2/h3-5,8-9,12-13H,6-7,10-11,14H2,1-2H3. The van der Waals surface area contributed by atoms with Crippen LogP contribution < -0.4 is 4.90 Å². The van der Waals surface area contributed by atoms with Gasteiger partial charge >= 0.3 is 11.9 Å². The average Bonchev–Trinajstić information content (AvgIpc) is 2.88. The molecule has 1 aliphatic carbocycles. The van der Waals surface area contributed by atoms with Crippen molar-refractivity contribution < 1.29 is 33.0 Å². The van der Waals surface area contributed by atoms with Crippen molar-refractivity contribution in [2.24, 2.45) is 0 Å². The summed E-state index contributed by atoms with van der Waals surface area (Å²) in [5, 5.41) is 0.00634. The van der Waals surface area contributed by atoms with Gasteiger partial charge in [-0.2, -0.15) is 0 Å². The van der Waals surface area contributed by atoms with Crippen LogP contribution in [0.15, 0.2) is 58.5 Å². The predicted molar refractivity (Wildman–Crippen MR) is 130 cm³/mol. The van der Waals surface area contributed by atoms with Gasteiger partial charge in [-0.3, -0.25) is 14.4 Å². The van der Waals surface area contributed by atoms with Crippen molar-refractivity contribution in [3.05, 3.63) is 70.0 Å². The summed E-state index contributed by atoms with van der Waals surface area (Å²) in [5.41, 5.74) is 0.0765. The highest BCUT2D eigenvalue weighted by atomic mass is 35.5. The van der Waals surface area contributed by atoms with E-state index in [1.54, 1.807) is 18.2 Å². The van der Waals surface area contributed by atoms with E-state index < -0.39 is 29.6 Å². The largest absolute Gasteiger partial charge is 0.468 e. The molecular weight excluding hydrogens is 497 g/mol. The molecule has 0 unspecified atom stereocenters. The molecule has 0 radical (unpaired) electrons. The van der Waals surface area contributed by atoms with E-state index in [0.717, 1.165) is 17.8 Å². The van der Waals surface area contributed by atoms with E-state index in [1.165, 1.54) is 32.4 Å². The van der Waals surface area contributed by atoms with Crippen LogP contribution in [0.4, 0.5) is 10.1 Å². The van der Waals surface area contributed by atoms with Crippen molar-refractivity contribution in [2.75, 3.05) is 24.9 Å². The number of hydrogen-bond acceptors (Lipinski definition) is 7. The molecule has 0 aromatic heterocycles. The molecular formula is C25H23ClFNO6S. The molecule has 0 fully saturated rings. The fourth-order valence-corrected chi connectivity index (χ4v) is 4.74. The van der Waals surface area contributed by atoms with Crippen molar-refractivity contribution in [1.29, 1.82) is 0 Å². The van der Waals surface area contributed by atoms with Crippen molar-refractivity contribution in [2.45, 2.75) is 30.6 Å². The van der Waals surface area contributed by atoms with Gasteiger partial charge in [0.2, 0.25) is 0 Å². The third-order valence-corrected chi connectivity index (χ3v) is 6.85. The molecule has 10 heteroatoms. The molecule has 7 nitrogen and oxygen atoms in total. The molecule has 184 valence electrons. The van der Waals surface area contributed by atoms with E-state index in [9.17, 15) is 19.2 Å². The zero-order valence-electron chi connectivity index (χ0n) is 19.1. The van der Waals surface area contributed by atoms with Crippen LogP contribution in [0.3, 0.4) is 0 Å². The molecule has 0 spiro atoms. The summed E-state index contributed by atoms with van der Waals surface area (Å²) >= 11 is 7.14. The normalized spacial score (nSPS) is 13.3. The first-order valence-electron chi connectivity index (χ1n) is 10.7. The second-order valence-corrected chi connectivity index (χ2v) is 8.99. The lowest BCUT2D eigenvalue weighted by Crippen LogP contribution is -2.40. The van der Waals surface area contributed by atoms with Gasteiger partial charge in [0.15, 0.2) is 0 Å². The van der Waals surface area contributed by atoms with Crippen molar-refractivity contribution in [1.82, 2.24) is 0 Å². The molecule has 0 aliphatic heterocycles. The molecule has 0 saturated carbocycles. The van der Waals surface area contributed by atoms with Crippen LogP contribution in [0.25, 0.3) is 0 Å². The van der Waals surface area contributed by atoms with Gasteiger partial charge in [-0.25, -0.2) is 14.1 Å². The second-order valence-electron chi connectivity index (χ2n) is 7.57. The number of benzene rings is 2. The smallest absolute Gasteiger partial charge is 0.334 e. The van der Waals surface area contributed by atoms with E-state index in [2.05, 4.69) is 4.74 Å². The molecule has 0 bridgehead atoms. The zero-order valence-corrected chi connectivity index (χ0v) is 20.7. The highest BCUT2D eigenvalue weighted by molar-refractivity contribution is 8.00. The Kier molecular flexibility index (Phi) is 9.06. The lowest BCUT2D eigenvalue weighted by atomic mass is 9.90. The fraction of sp³-hybridized carbons (Fsp3) is 0.280. The first-order valence-corrected chi connectivity index (χ1v) is 12.1. The molecule has 3 rings (SSSR count).